The van der Waals surface area contributed by atoms with Crippen LogP contribution in [0.5, 0.6) is 0 Å². The molecule has 0 radical (unpaired) electrons. The zero-order chi connectivity index (χ0) is 13.5. The predicted molar refractivity (Wildman–Crippen MR) is 77.0 cm³/mol. The molecule has 1 rings (SSSR count). The first kappa shape index (κ1) is 14.7. The van der Waals surface area contributed by atoms with Crippen molar-refractivity contribution in [2.24, 2.45) is 0 Å². The van der Waals surface area contributed by atoms with E-state index < -0.39 is 0 Å². The molecule has 1 amide bonds. The van der Waals surface area contributed by atoms with Gasteiger partial charge in [0.1, 0.15) is 0 Å². The standard InChI is InChI=1S/C16H25NO/c1-5-7-15(8-6-2)17-16(18)14-10-9-12(3)13(4)11-14/h9-11,15H,5-8H2,1-4H3,(H,17,18). The second-order valence-corrected chi connectivity index (χ2v) is 5.05. The summed E-state index contributed by atoms with van der Waals surface area (Å²) < 4.78 is 0. The minimum atomic E-state index is 0.0602. The summed E-state index contributed by atoms with van der Waals surface area (Å²) in [6.07, 6.45) is 4.34. The van der Waals surface area contributed by atoms with E-state index in [9.17, 15) is 4.79 Å². The van der Waals surface area contributed by atoms with Gasteiger partial charge >= 0.3 is 0 Å². The maximum absolute atomic E-state index is 12.2. The fourth-order valence-electron chi connectivity index (χ4n) is 2.14. The van der Waals surface area contributed by atoms with Crippen LogP contribution in [0.4, 0.5) is 0 Å². The number of carbonyl (C=O) groups excluding carboxylic acids is 1. The average molecular weight is 247 g/mol. The van der Waals surface area contributed by atoms with Gasteiger partial charge in [-0.1, -0.05) is 32.8 Å². The second-order valence-electron chi connectivity index (χ2n) is 5.05. The van der Waals surface area contributed by atoms with Crippen molar-refractivity contribution < 1.29 is 4.79 Å². The Morgan fingerprint density at radius 2 is 1.72 bits per heavy atom. The third kappa shape index (κ3) is 4.17. The summed E-state index contributed by atoms with van der Waals surface area (Å²) in [6.45, 7) is 8.42. The molecule has 0 bridgehead atoms. The molecule has 0 aliphatic carbocycles. The monoisotopic (exact) mass is 247 g/mol. The Morgan fingerprint density at radius 3 is 2.22 bits per heavy atom. The van der Waals surface area contributed by atoms with Crippen LogP contribution in [0.3, 0.4) is 0 Å². The quantitative estimate of drug-likeness (QED) is 0.808. The van der Waals surface area contributed by atoms with E-state index in [1.165, 1.54) is 11.1 Å². The summed E-state index contributed by atoms with van der Waals surface area (Å²) in [5, 5.41) is 3.14. The summed E-state index contributed by atoms with van der Waals surface area (Å²) in [5.41, 5.74) is 3.17. The van der Waals surface area contributed by atoms with Crippen LogP contribution in [0.1, 0.15) is 61.0 Å². The largest absolute Gasteiger partial charge is 0.349 e. The number of amides is 1. The number of aryl methyl sites for hydroxylation is 2. The van der Waals surface area contributed by atoms with Gasteiger partial charge in [0.2, 0.25) is 0 Å². The zero-order valence-corrected chi connectivity index (χ0v) is 12.0. The fourth-order valence-corrected chi connectivity index (χ4v) is 2.14. The summed E-state index contributed by atoms with van der Waals surface area (Å²) in [6, 6.07) is 6.21. The molecule has 0 saturated heterocycles. The molecule has 0 fully saturated rings. The third-order valence-corrected chi connectivity index (χ3v) is 3.38. The van der Waals surface area contributed by atoms with Crippen molar-refractivity contribution in [1.82, 2.24) is 5.32 Å². The maximum Gasteiger partial charge on any atom is 0.251 e. The van der Waals surface area contributed by atoms with Gasteiger partial charge < -0.3 is 5.32 Å². The van der Waals surface area contributed by atoms with Crippen molar-refractivity contribution in [3.63, 3.8) is 0 Å². The van der Waals surface area contributed by atoms with Gasteiger partial charge in [0.25, 0.3) is 5.91 Å². The van der Waals surface area contributed by atoms with Gasteiger partial charge in [0.15, 0.2) is 0 Å². The summed E-state index contributed by atoms with van der Waals surface area (Å²) in [7, 11) is 0. The lowest BCUT2D eigenvalue weighted by Crippen LogP contribution is -2.34. The molecule has 100 valence electrons. The molecule has 0 heterocycles. The van der Waals surface area contributed by atoms with Gasteiger partial charge in [-0.25, -0.2) is 0 Å². The third-order valence-electron chi connectivity index (χ3n) is 3.38. The molecule has 0 atom stereocenters. The molecule has 1 aromatic carbocycles. The Morgan fingerprint density at radius 1 is 1.11 bits per heavy atom. The first-order valence-corrected chi connectivity index (χ1v) is 6.96. The minimum absolute atomic E-state index is 0.0602. The second kappa shape index (κ2) is 7.20. The molecule has 1 aromatic rings. The molecular weight excluding hydrogens is 222 g/mol. The fraction of sp³-hybridized carbons (Fsp3) is 0.562. The lowest BCUT2D eigenvalue weighted by molar-refractivity contribution is 0.0932. The molecule has 2 nitrogen and oxygen atoms in total. The van der Waals surface area contributed by atoms with E-state index in [0.29, 0.717) is 6.04 Å². The Balaban J connectivity index is 2.70. The van der Waals surface area contributed by atoms with Gasteiger partial charge in [-0.2, -0.15) is 0 Å². The Labute approximate surface area is 111 Å². The summed E-state index contributed by atoms with van der Waals surface area (Å²) in [4.78, 5) is 12.2. The van der Waals surface area contributed by atoms with E-state index in [1.807, 2.05) is 25.1 Å². The minimum Gasteiger partial charge on any atom is -0.349 e. The number of rotatable bonds is 6. The van der Waals surface area contributed by atoms with Crippen LogP contribution in [0.2, 0.25) is 0 Å². The number of nitrogens with one attached hydrogen (secondary N) is 1. The predicted octanol–water partition coefficient (Wildman–Crippen LogP) is 4.00. The molecular formula is C16H25NO. The molecule has 0 aromatic heterocycles. The van der Waals surface area contributed by atoms with Crippen molar-refractivity contribution in [2.45, 2.75) is 59.4 Å². The van der Waals surface area contributed by atoms with E-state index in [2.05, 4.69) is 26.1 Å². The highest BCUT2D eigenvalue weighted by Gasteiger charge is 2.12. The van der Waals surface area contributed by atoms with E-state index in [-0.39, 0.29) is 5.91 Å². The topological polar surface area (TPSA) is 29.1 Å². The Hall–Kier alpha value is -1.31. The average Bonchev–Trinajstić information content (AvgIpc) is 2.33. The number of carbonyl (C=O) groups is 1. The van der Waals surface area contributed by atoms with Gasteiger partial charge in [-0.3, -0.25) is 4.79 Å². The number of hydrogen-bond acceptors (Lipinski definition) is 1. The van der Waals surface area contributed by atoms with E-state index in [0.717, 1.165) is 31.2 Å². The van der Waals surface area contributed by atoms with E-state index in [4.69, 9.17) is 0 Å². The van der Waals surface area contributed by atoms with Gasteiger partial charge in [-0.15, -0.1) is 0 Å². The molecule has 0 unspecified atom stereocenters. The lowest BCUT2D eigenvalue weighted by Gasteiger charge is -2.17. The van der Waals surface area contributed by atoms with Crippen LogP contribution < -0.4 is 5.32 Å². The molecule has 0 spiro atoms. The Bertz CT molecular complexity index is 392. The smallest absolute Gasteiger partial charge is 0.251 e. The van der Waals surface area contributed by atoms with Crippen LogP contribution in [0.25, 0.3) is 0 Å². The number of benzene rings is 1. The summed E-state index contributed by atoms with van der Waals surface area (Å²) in [5.74, 6) is 0.0602. The van der Waals surface area contributed by atoms with Crippen LogP contribution in [0.15, 0.2) is 18.2 Å². The van der Waals surface area contributed by atoms with Crippen LogP contribution >= 0.6 is 0 Å². The first-order chi connectivity index (χ1) is 8.58. The highest BCUT2D eigenvalue weighted by Crippen LogP contribution is 2.11. The first-order valence-electron chi connectivity index (χ1n) is 6.96. The number of hydrogen-bond donors (Lipinski definition) is 1. The highest BCUT2D eigenvalue weighted by molar-refractivity contribution is 5.94. The molecule has 0 aliphatic rings. The molecule has 0 aliphatic heterocycles. The molecule has 18 heavy (non-hydrogen) atoms. The van der Waals surface area contributed by atoms with Crippen molar-refractivity contribution >= 4 is 5.91 Å². The van der Waals surface area contributed by atoms with E-state index in [1.54, 1.807) is 0 Å². The molecule has 0 saturated carbocycles. The molecule has 1 N–H and O–H groups in total. The maximum atomic E-state index is 12.2. The van der Waals surface area contributed by atoms with Crippen molar-refractivity contribution in [3.05, 3.63) is 34.9 Å². The van der Waals surface area contributed by atoms with Crippen LogP contribution in [-0.4, -0.2) is 11.9 Å². The van der Waals surface area contributed by atoms with Gasteiger partial charge in [-0.05, 0) is 49.9 Å². The normalized spacial score (nSPS) is 10.7. The van der Waals surface area contributed by atoms with Gasteiger partial charge in [0.05, 0.1) is 0 Å². The zero-order valence-electron chi connectivity index (χ0n) is 12.0. The summed E-state index contributed by atoms with van der Waals surface area (Å²) >= 11 is 0. The van der Waals surface area contributed by atoms with Crippen molar-refractivity contribution in [1.29, 1.82) is 0 Å². The Kier molecular flexibility index (Phi) is 5.90. The highest BCUT2D eigenvalue weighted by atomic mass is 16.1. The molecule has 2 heteroatoms. The van der Waals surface area contributed by atoms with E-state index >= 15 is 0 Å². The van der Waals surface area contributed by atoms with Crippen LogP contribution in [-0.2, 0) is 0 Å². The van der Waals surface area contributed by atoms with Crippen molar-refractivity contribution in [3.8, 4) is 0 Å². The van der Waals surface area contributed by atoms with Gasteiger partial charge in [0, 0.05) is 11.6 Å². The SMILES string of the molecule is CCCC(CCC)NC(=O)c1ccc(C)c(C)c1. The van der Waals surface area contributed by atoms with Crippen molar-refractivity contribution in [2.75, 3.05) is 0 Å². The lowest BCUT2D eigenvalue weighted by atomic mass is 10.0. The van der Waals surface area contributed by atoms with Crippen LogP contribution in [0, 0.1) is 13.8 Å².